The first-order valence-corrected chi connectivity index (χ1v) is 10.9. The van der Waals surface area contributed by atoms with Gasteiger partial charge in [0.1, 0.15) is 11.0 Å². The van der Waals surface area contributed by atoms with Crippen molar-refractivity contribution in [1.82, 2.24) is 10.6 Å². The van der Waals surface area contributed by atoms with Gasteiger partial charge in [0.2, 0.25) is 0 Å². The number of hydrogen-bond acceptors (Lipinski definition) is 6. The van der Waals surface area contributed by atoms with Crippen LogP contribution in [0.25, 0.3) is 0 Å². The predicted molar refractivity (Wildman–Crippen MR) is 105 cm³/mol. The van der Waals surface area contributed by atoms with Gasteiger partial charge in [-0.1, -0.05) is 17.7 Å². The van der Waals surface area contributed by atoms with Gasteiger partial charge < -0.3 is 19.8 Å². The van der Waals surface area contributed by atoms with E-state index in [0.29, 0.717) is 6.61 Å². The Morgan fingerprint density at radius 1 is 1.14 bits per heavy atom. The molecule has 9 heteroatoms. The lowest BCUT2D eigenvalue weighted by Crippen LogP contribution is -2.44. The molecule has 2 N–H and O–H groups in total. The maximum atomic E-state index is 13.1. The molecular weight excluding hydrogens is 396 g/mol. The number of carbonyl (C=O) groups is 2. The van der Waals surface area contributed by atoms with E-state index in [1.54, 1.807) is 18.2 Å². The minimum atomic E-state index is -3.85. The fourth-order valence-corrected chi connectivity index (χ4v) is 4.67. The van der Waals surface area contributed by atoms with E-state index >= 15 is 0 Å². The standard InChI is InChI=1S/C20H24N2O6S/c1-14-6-8-16(9-7-14)29(25,26)18(17-5-3-11-28-17)13-22-20(24)19(23)21-12-15-4-2-10-27-15/h3,5-9,11,15,18H,2,4,10,12-13H2,1H3,(H,21,23)(H,22,24)/t15-,18+/m1/s1. The third-order valence-corrected chi connectivity index (χ3v) is 6.83. The quantitative estimate of drug-likeness (QED) is 0.657. The summed E-state index contributed by atoms with van der Waals surface area (Å²) in [7, 11) is -3.85. The van der Waals surface area contributed by atoms with Gasteiger partial charge in [-0.15, -0.1) is 0 Å². The highest BCUT2D eigenvalue weighted by Crippen LogP contribution is 2.29. The van der Waals surface area contributed by atoms with Crippen LogP contribution in [-0.4, -0.2) is 46.0 Å². The summed E-state index contributed by atoms with van der Waals surface area (Å²) in [6, 6.07) is 9.52. The Kier molecular flexibility index (Phi) is 6.71. The second kappa shape index (κ2) is 9.23. The lowest BCUT2D eigenvalue weighted by Gasteiger charge is -2.17. The van der Waals surface area contributed by atoms with Gasteiger partial charge in [-0.3, -0.25) is 9.59 Å². The van der Waals surface area contributed by atoms with Gasteiger partial charge >= 0.3 is 11.8 Å². The van der Waals surface area contributed by atoms with E-state index in [1.165, 1.54) is 24.5 Å². The number of furan rings is 1. The highest BCUT2D eigenvalue weighted by atomic mass is 32.2. The van der Waals surface area contributed by atoms with Crippen LogP contribution in [0.3, 0.4) is 0 Å². The third-order valence-electron chi connectivity index (χ3n) is 4.75. The zero-order valence-corrected chi connectivity index (χ0v) is 16.9. The smallest absolute Gasteiger partial charge is 0.309 e. The number of nitrogens with one attached hydrogen (secondary N) is 2. The Morgan fingerprint density at radius 2 is 1.86 bits per heavy atom. The molecule has 1 aliphatic rings. The molecule has 2 atom stereocenters. The molecule has 2 heterocycles. The summed E-state index contributed by atoms with van der Waals surface area (Å²) in [5, 5.41) is 3.76. The minimum absolute atomic E-state index is 0.0930. The van der Waals surface area contributed by atoms with Crippen molar-refractivity contribution >= 4 is 21.7 Å². The summed E-state index contributed by atoms with van der Waals surface area (Å²) in [6.45, 7) is 2.45. The van der Waals surface area contributed by atoms with Crippen LogP contribution in [0, 0.1) is 6.92 Å². The van der Waals surface area contributed by atoms with Crippen LogP contribution in [0.5, 0.6) is 0 Å². The molecular formula is C20H24N2O6S. The van der Waals surface area contributed by atoms with E-state index in [4.69, 9.17) is 9.15 Å². The molecule has 1 saturated heterocycles. The molecule has 2 aromatic rings. The monoisotopic (exact) mass is 420 g/mol. The van der Waals surface area contributed by atoms with E-state index in [1.807, 2.05) is 6.92 Å². The molecule has 0 aliphatic carbocycles. The van der Waals surface area contributed by atoms with Crippen molar-refractivity contribution in [1.29, 1.82) is 0 Å². The number of hydrogen-bond donors (Lipinski definition) is 2. The Morgan fingerprint density at radius 3 is 2.48 bits per heavy atom. The molecule has 1 fully saturated rings. The number of ether oxygens (including phenoxy) is 1. The molecule has 1 aromatic carbocycles. The van der Waals surface area contributed by atoms with Crippen LogP contribution in [-0.2, 0) is 24.2 Å². The first-order chi connectivity index (χ1) is 13.9. The van der Waals surface area contributed by atoms with E-state index in [2.05, 4.69) is 10.6 Å². The Hall–Kier alpha value is -2.65. The van der Waals surface area contributed by atoms with Gasteiger partial charge in [0.05, 0.1) is 17.3 Å². The highest BCUT2D eigenvalue weighted by molar-refractivity contribution is 7.91. The SMILES string of the molecule is Cc1ccc(S(=O)(=O)[C@@H](CNC(=O)C(=O)NC[C@H]2CCCO2)c2ccco2)cc1. The first-order valence-electron chi connectivity index (χ1n) is 9.39. The van der Waals surface area contributed by atoms with Crippen molar-refractivity contribution in [2.24, 2.45) is 0 Å². The topological polar surface area (TPSA) is 115 Å². The van der Waals surface area contributed by atoms with Crippen LogP contribution >= 0.6 is 0 Å². The number of amides is 2. The summed E-state index contributed by atoms with van der Waals surface area (Å²) in [5.74, 6) is -1.55. The van der Waals surface area contributed by atoms with E-state index in [-0.39, 0.29) is 29.8 Å². The van der Waals surface area contributed by atoms with Gasteiger partial charge in [0, 0.05) is 19.7 Å². The molecule has 0 spiro atoms. The number of rotatable bonds is 7. The number of benzene rings is 1. The summed E-state index contributed by atoms with van der Waals surface area (Å²) in [6.07, 6.45) is 3.03. The summed E-state index contributed by atoms with van der Waals surface area (Å²) in [4.78, 5) is 24.3. The zero-order chi connectivity index (χ0) is 20.9. The Bertz CT molecular complexity index is 932. The van der Waals surface area contributed by atoms with Crippen LogP contribution < -0.4 is 10.6 Å². The molecule has 0 bridgehead atoms. The maximum Gasteiger partial charge on any atom is 0.309 e. The number of aryl methyl sites for hydroxylation is 1. The average molecular weight is 420 g/mol. The van der Waals surface area contributed by atoms with Gasteiger partial charge in [-0.2, -0.15) is 0 Å². The summed E-state index contributed by atoms with van der Waals surface area (Å²) in [5.41, 5.74) is 0.926. The molecule has 0 saturated carbocycles. The summed E-state index contributed by atoms with van der Waals surface area (Å²) < 4.78 is 36.9. The van der Waals surface area contributed by atoms with Crippen molar-refractivity contribution in [2.45, 2.75) is 36.0 Å². The number of carbonyl (C=O) groups excluding carboxylic acids is 2. The fraction of sp³-hybridized carbons (Fsp3) is 0.400. The molecule has 1 aliphatic heterocycles. The second-order valence-corrected chi connectivity index (χ2v) is 9.05. The van der Waals surface area contributed by atoms with Crippen LogP contribution in [0.4, 0.5) is 0 Å². The lowest BCUT2D eigenvalue weighted by atomic mass is 10.2. The zero-order valence-electron chi connectivity index (χ0n) is 16.1. The van der Waals surface area contributed by atoms with Crippen molar-refractivity contribution in [3.8, 4) is 0 Å². The van der Waals surface area contributed by atoms with Gasteiger partial charge in [0.25, 0.3) is 0 Å². The van der Waals surface area contributed by atoms with Crippen LogP contribution in [0.2, 0.25) is 0 Å². The predicted octanol–water partition coefficient (Wildman–Crippen LogP) is 1.51. The molecule has 0 radical (unpaired) electrons. The van der Waals surface area contributed by atoms with Crippen molar-refractivity contribution in [3.63, 3.8) is 0 Å². The largest absolute Gasteiger partial charge is 0.468 e. The number of sulfone groups is 1. The van der Waals surface area contributed by atoms with E-state index in [9.17, 15) is 18.0 Å². The molecule has 156 valence electrons. The Labute approximate surface area is 169 Å². The molecule has 1 aromatic heterocycles. The molecule has 3 rings (SSSR count). The average Bonchev–Trinajstić information content (AvgIpc) is 3.40. The molecule has 8 nitrogen and oxygen atoms in total. The third kappa shape index (κ3) is 5.24. The second-order valence-electron chi connectivity index (χ2n) is 6.92. The van der Waals surface area contributed by atoms with Gasteiger partial charge in [0.15, 0.2) is 9.84 Å². The van der Waals surface area contributed by atoms with Crippen molar-refractivity contribution in [3.05, 3.63) is 54.0 Å². The summed E-state index contributed by atoms with van der Waals surface area (Å²) >= 11 is 0. The van der Waals surface area contributed by atoms with E-state index < -0.39 is 26.9 Å². The molecule has 29 heavy (non-hydrogen) atoms. The molecule has 2 amide bonds. The van der Waals surface area contributed by atoms with Gasteiger partial charge in [-0.05, 0) is 44.0 Å². The lowest BCUT2D eigenvalue weighted by molar-refractivity contribution is -0.139. The highest BCUT2D eigenvalue weighted by Gasteiger charge is 2.32. The van der Waals surface area contributed by atoms with Crippen molar-refractivity contribution in [2.75, 3.05) is 19.7 Å². The molecule has 0 unspecified atom stereocenters. The maximum absolute atomic E-state index is 13.1. The van der Waals surface area contributed by atoms with Crippen molar-refractivity contribution < 1.29 is 27.2 Å². The van der Waals surface area contributed by atoms with Crippen LogP contribution in [0.15, 0.2) is 52.0 Å². The fourth-order valence-electron chi connectivity index (χ4n) is 3.09. The van der Waals surface area contributed by atoms with Gasteiger partial charge in [-0.25, -0.2) is 8.42 Å². The first kappa shape index (κ1) is 21.1. The van der Waals surface area contributed by atoms with E-state index in [0.717, 1.165) is 18.4 Å². The minimum Gasteiger partial charge on any atom is -0.468 e. The normalized spacial score (nSPS) is 17.6. The Balaban J connectivity index is 1.67. The van der Waals surface area contributed by atoms with Crippen LogP contribution in [0.1, 0.15) is 29.4 Å².